The van der Waals surface area contributed by atoms with Crippen LogP contribution in [0.25, 0.3) is 0 Å². The van der Waals surface area contributed by atoms with E-state index in [0.29, 0.717) is 0 Å². The number of halogens is 2. The van der Waals surface area contributed by atoms with E-state index >= 15 is 0 Å². The second-order valence-corrected chi connectivity index (χ2v) is 5.96. The molecule has 7 heteroatoms. The monoisotopic (exact) mass is 293 g/mol. The third-order valence-electron chi connectivity index (χ3n) is 3.06. The Hall–Kier alpha value is -1.40. The molecule has 1 N–H and O–H groups in total. The number of alkyl carbamates (subject to hydrolysis) is 1. The van der Waals surface area contributed by atoms with E-state index in [1.54, 1.807) is 20.8 Å². The van der Waals surface area contributed by atoms with E-state index in [2.05, 4.69) is 10.1 Å². The fourth-order valence-corrected chi connectivity index (χ4v) is 2.15. The molecule has 1 rings (SSSR count). The highest BCUT2D eigenvalue weighted by Gasteiger charge is 2.48. The molecule has 5 nitrogen and oxygen atoms in total. The predicted molar refractivity (Wildman–Crippen MR) is 67.5 cm³/mol. The third kappa shape index (κ3) is 4.61. The second kappa shape index (κ2) is 5.93. The van der Waals surface area contributed by atoms with Crippen LogP contribution < -0.4 is 5.32 Å². The molecule has 0 heterocycles. The summed E-state index contributed by atoms with van der Waals surface area (Å²) in [6.07, 6.45) is -1.24. The van der Waals surface area contributed by atoms with E-state index in [-0.39, 0.29) is 12.8 Å². The van der Waals surface area contributed by atoms with Gasteiger partial charge in [-0.05, 0) is 33.6 Å². The van der Waals surface area contributed by atoms with Crippen molar-refractivity contribution in [3.05, 3.63) is 0 Å². The van der Waals surface area contributed by atoms with Gasteiger partial charge in [-0.1, -0.05) is 0 Å². The van der Waals surface area contributed by atoms with Crippen molar-refractivity contribution in [3.63, 3.8) is 0 Å². The van der Waals surface area contributed by atoms with Gasteiger partial charge in [0.2, 0.25) is 0 Å². The Morgan fingerprint density at radius 2 is 1.85 bits per heavy atom. The van der Waals surface area contributed by atoms with Gasteiger partial charge in [-0.15, -0.1) is 0 Å². The van der Waals surface area contributed by atoms with Crippen LogP contribution in [0.1, 0.15) is 40.0 Å². The van der Waals surface area contributed by atoms with Crippen molar-refractivity contribution < 1.29 is 27.8 Å². The molecule has 1 fully saturated rings. The lowest BCUT2D eigenvalue weighted by Crippen LogP contribution is -2.53. The van der Waals surface area contributed by atoms with Gasteiger partial charge in [0.1, 0.15) is 5.60 Å². The fourth-order valence-electron chi connectivity index (χ4n) is 2.15. The first-order valence-corrected chi connectivity index (χ1v) is 6.50. The summed E-state index contributed by atoms with van der Waals surface area (Å²) in [5.41, 5.74) is -0.747. The summed E-state index contributed by atoms with van der Waals surface area (Å²) in [6.45, 7) is 4.95. The number of hydrogen-bond donors (Lipinski definition) is 1. The van der Waals surface area contributed by atoms with Crippen molar-refractivity contribution in [2.24, 2.45) is 5.92 Å². The number of ether oxygens (including phenoxy) is 2. The van der Waals surface area contributed by atoms with Crippen LogP contribution in [0.4, 0.5) is 13.6 Å². The average molecular weight is 293 g/mol. The van der Waals surface area contributed by atoms with Crippen molar-refractivity contribution in [1.29, 1.82) is 0 Å². The summed E-state index contributed by atoms with van der Waals surface area (Å²) in [6, 6.07) is -1.32. The summed E-state index contributed by atoms with van der Waals surface area (Å²) in [4.78, 5) is 22.8. The number of rotatable bonds is 2. The molecule has 1 aliphatic rings. The maximum Gasteiger partial charge on any atom is 0.408 e. The first-order chi connectivity index (χ1) is 9.05. The standard InChI is InChI=1S/C13H21F2NO4/c1-12(2,3)20-11(18)16-9-6-5-8(10(17)19-4)7-13(9,14)15/h8-9H,5-7H2,1-4H3,(H,16,18)/t8-,9?/m1/s1. The Morgan fingerprint density at radius 3 is 2.30 bits per heavy atom. The van der Waals surface area contributed by atoms with Gasteiger partial charge in [0.25, 0.3) is 5.92 Å². The molecule has 116 valence electrons. The molecule has 0 bridgehead atoms. The molecule has 0 aromatic heterocycles. The fraction of sp³-hybridized carbons (Fsp3) is 0.846. The van der Waals surface area contributed by atoms with Gasteiger partial charge in [0, 0.05) is 6.42 Å². The van der Waals surface area contributed by atoms with Crippen LogP contribution in [0.15, 0.2) is 0 Å². The summed E-state index contributed by atoms with van der Waals surface area (Å²) in [7, 11) is 1.17. The topological polar surface area (TPSA) is 64.6 Å². The number of carbonyl (C=O) groups is 2. The van der Waals surface area contributed by atoms with Gasteiger partial charge < -0.3 is 14.8 Å². The lowest BCUT2D eigenvalue weighted by molar-refractivity contribution is -0.154. The first-order valence-electron chi connectivity index (χ1n) is 6.50. The SMILES string of the molecule is COC(=O)[C@@H]1CCC(NC(=O)OC(C)(C)C)C(F)(F)C1. The lowest BCUT2D eigenvalue weighted by atomic mass is 9.83. The van der Waals surface area contributed by atoms with Gasteiger partial charge >= 0.3 is 12.1 Å². The van der Waals surface area contributed by atoms with E-state index in [1.165, 1.54) is 7.11 Å². The molecule has 2 atom stereocenters. The Balaban J connectivity index is 2.61. The molecule has 1 saturated carbocycles. The maximum absolute atomic E-state index is 13.9. The Kier molecular flexibility index (Phi) is 4.94. The molecule has 0 aromatic carbocycles. The molecule has 0 saturated heterocycles. The Morgan fingerprint density at radius 1 is 1.25 bits per heavy atom. The van der Waals surface area contributed by atoms with E-state index in [1.807, 2.05) is 0 Å². The minimum absolute atomic E-state index is 0.00596. The number of esters is 1. The third-order valence-corrected chi connectivity index (χ3v) is 3.06. The zero-order chi connectivity index (χ0) is 15.6. The highest BCUT2D eigenvalue weighted by atomic mass is 19.3. The van der Waals surface area contributed by atoms with Crippen molar-refractivity contribution in [2.75, 3.05) is 7.11 Å². The van der Waals surface area contributed by atoms with E-state index in [9.17, 15) is 18.4 Å². The number of alkyl halides is 2. The molecule has 0 aromatic rings. The Bertz CT molecular complexity index is 379. The van der Waals surface area contributed by atoms with Gasteiger partial charge in [-0.3, -0.25) is 4.79 Å². The largest absolute Gasteiger partial charge is 0.469 e. The van der Waals surface area contributed by atoms with Crippen LogP contribution in [-0.2, 0) is 14.3 Å². The van der Waals surface area contributed by atoms with Crippen LogP contribution in [0.3, 0.4) is 0 Å². The van der Waals surface area contributed by atoms with Crippen LogP contribution >= 0.6 is 0 Å². The van der Waals surface area contributed by atoms with Crippen LogP contribution in [0.2, 0.25) is 0 Å². The van der Waals surface area contributed by atoms with Crippen molar-refractivity contribution >= 4 is 12.1 Å². The van der Waals surface area contributed by atoms with E-state index in [4.69, 9.17) is 4.74 Å². The molecule has 0 spiro atoms. The summed E-state index contributed by atoms with van der Waals surface area (Å²) in [5.74, 6) is -4.62. The van der Waals surface area contributed by atoms with Crippen molar-refractivity contribution in [2.45, 2.75) is 57.6 Å². The molecular weight excluding hydrogens is 272 g/mol. The van der Waals surface area contributed by atoms with Crippen LogP contribution in [-0.4, -0.2) is 36.7 Å². The quantitative estimate of drug-likeness (QED) is 0.794. The highest BCUT2D eigenvalue weighted by molar-refractivity contribution is 5.73. The van der Waals surface area contributed by atoms with Gasteiger partial charge in [-0.2, -0.15) is 0 Å². The highest BCUT2D eigenvalue weighted by Crippen LogP contribution is 2.37. The van der Waals surface area contributed by atoms with E-state index in [0.717, 1.165) is 0 Å². The van der Waals surface area contributed by atoms with Crippen LogP contribution in [0.5, 0.6) is 0 Å². The van der Waals surface area contributed by atoms with Crippen molar-refractivity contribution in [1.82, 2.24) is 5.32 Å². The number of hydrogen-bond acceptors (Lipinski definition) is 4. The molecule has 1 unspecified atom stereocenters. The smallest absolute Gasteiger partial charge is 0.408 e. The van der Waals surface area contributed by atoms with Gasteiger partial charge in [0.05, 0.1) is 19.1 Å². The molecule has 0 aliphatic heterocycles. The number of amides is 1. The van der Waals surface area contributed by atoms with Crippen molar-refractivity contribution in [3.8, 4) is 0 Å². The molecule has 20 heavy (non-hydrogen) atoms. The summed E-state index contributed by atoms with van der Waals surface area (Å²) in [5, 5.41) is 2.18. The average Bonchev–Trinajstić information content (AvgIpc) is 2.28. The molecule has 1 amide bonds. The van der Waals surface area contributed by atoms with Crippen LogP contribution in [0, 0.1) is 5.92 Å². The minimum atomic E-state index is -3.16. The maximum atomic E-state index is 13.9. The number of methoxy groups -OCH3 is 1. The predicted octanol–water partition coefficient (Wildman–Crippen LogP) is 2.49. The minimum Gasteiger partial charge on any atom is -0.469 e. The van der Waals surface area contributed by atoms with Gasteiger partial charge in [-0.25, -0.2) is 13.6 Å². The molecule has 0 radical (unpaired) electrons. The van der Waals surface area contributed by atoms with E-state index < -0.39 is 42.0 Å². The lowest BCUT2D eigenvalue weighted by Gasteiger charge is -2.35. The normalized spacial score (nSPS) is 25.7. The number of carbonyl (C=O) groups excluding carboxylic acids is 2. The summed E-state index contributed by atoms with van der Waals surface area (Å²) < 4.78 is 37.3. The van der Waals surface area contributed by atoms with Gasteiger partial charge in [0.15, 0.2) is 0 Å². The molecule has 1 aliphatic carbocycles. The zero-order valence-corrected chi connectivity index (χ0v) is 12.2. The summed E-state index contributed by atoms with van der Waals surface area (Å²) >= 11 is 0. The number of nitrogens with one attached hydrogen (secondary N) is 1. The molecular formula is C13H21F2NO4. The Labute approximate surface area is 117 Å². The first kappa shape index (κ1) is 16.7. The zero-order valence-electron chi connectivity index (χ0n) is 12.2. The second-order valence-electron chi connectivity index (χ2n) is 5.96.